The molecule has 0 saturated heterocycles. The molecule has 0 saturated carbocycles. The number of amides is 1. The average molecular weight is 381 g/mol. The van der Waals surface area contributed by atoms with Crippen LogP contribution in [0.5, 0.6) is 5.75 Å². The van der Waals surface area contributed by atoms with Crippen LogP contribution in [0.2, 0.25) is 0 Å². The van der Waals surface area contributed by atoms with Crippen LogP contribution in [0, 0.1) is 0 Å². The molecule has 1 N–H and O–H groups in total. The summed E-state index contributed by atoms with van der Waals surface area (Å²) in [7, 11) is 1.73. The minimum absolute atomic E-state index is 0.265. The zero-order chi connectivity index (χ0) is 18.9. The summed E-state index contributed by atoms with van der Waals surface area (Å²) in [4.78, 5) is 18.0. The van der Waals surface area contributed by atoms with Crippen LogP contribution in [0.4, 0.5) is 29.7 Å². The number of hydrogen-bond donors (Lipinski definition) is 1. The minimum atomic E-state index is -4.77. The van der Waals surface area contributed by atoms with E-state index in [9.17, 15) is 18.0 Å². The van der Waals surface area contributed by atoms with E-state index < -0.39 is 6.36 Å². The Kier molecular flexibility index (Phi) is 4.73. The fourth-order valence-corrected chi connectivity index (χ4v) is 3.53. The summed E-state index contributed by atoms with van der Waals surface area (Å²) in [5.41, 5.74) is 1.81. The molecule has 0 bridgehead atoms. The molecule has 0 unspecified atom stereocenters. The molecule has 0 radical (unpaired) electrons. The van der Waals surface area contributed by atoms with E-state index >= 15 is 0 Å². The molecule has 1 heterocycles. The summed E-state index contributed by atoms with van der Waals surface area (Å²) < 4.78 is 41.6. The highest BCUT2D eigenvalue weighted by atomic mass is 32.1. The number of hydrogen-bond acceptors (Lipinski definition) is 5. The number of nitrogens with zero attached hydrogens (tertiary/aromatic N) is 2. The van der Waals surface area contributed by atoms with Gasteiger partial charge < -0.3 is 10.1 Å². The summed E-state index contributed by atoms with van der Waals surface area (Å²) >= 11 is 1.11. The summed E-state index contributed by atoms with van der Waals surface area (Å²) in [5.74, 6) is -0.594. The monoisotopic (exact) mass is 381 g/mol. The van der Waals surface area contributed by atoms with E-state index in [1.807, 2.05) is 12.1 Å². The lowest BCUT2D eigenvalue weighted by molar-refractivity contribution is -0.274. The third-order valence-electron chi connectivity index (χ3n) is 3.50. The van der Waals surface area contributed by atoms with E-state index in [0.29, 0.717) is 21.0 Å². The molecule has 9 heteroatoms. The van der Waals surface area contributed by atoms with Gasteiger partial charge in [-0.2, -0.15) is 0 Å². The quantitative estimate of drug-likeness (QED) is 0.697. The summed E-state index contributed by atoms with van der Waals surface area (Å²) in [5, 5.41) is 3.37. The van der Waals surface area contributed by atoms with Crippen LogP contribution >= 0.6 is 11.3 Å². The number of carbonyl (C=O) groups is 1. The molecule has 1 aromatic heterocycles. The molecule has 0 atom stereocenters. The second-order valence-electron chi connectivity index (χ2n) is 5.30. The van der Waals surface area contributed by atoms with Gasteiger partial charge in [0.05, 0.1) is 21.6 Å². The molecular formula is C17H14F3N3O2S. The molecule has 3 rings (SSSR count). The van der Waals surface area contributed by atoms with Crippen LogP contribution in [0.3, 0.4) is 0 Å². The SMILES string of the molecule is CNc1ccccc1N(C(C)=O)c1nc2ccc(OC(F)(F)F)cc2s1. The van der Waals surface area contributed by atoms with Gasteiger partial charge in [0, 0.05) is 20.0 Å². The van der Waals surface area contributed by atoms with Gasteiger partial charge in [0.25, 0.3) is 0 Å². The Balaban J connectivity index is 2.05. The van der Waals surface area contributed by atoms with Crippen LogP contribution in [-0.2, 0) is 4.79 Å². The van der Waals surface area contributed by atoms with E-state index in [-0.39, 0.29) is 11.7 Å². The Morgan fingerprint density at radius 2 is 1.96 bits per heavy atom. The number of fused-ring (bicyclic) bond motifs is 1. The first-order valence-corrected chi connectivity index (χ1v) is 8.34. The van der Waals surface area contributed by atoms with Gasteiger partial charge in [0.1, 0.15) is 5.75 Å². The van der Waals surface area contributed by atoms with E-state index in [0.717, 1.165) is 17.0 Å². The Morgan fingerprint density at radius 1 is 1.23 bits per heavy atom. The maximum absolute atomic E-state index is 12.4. The van der Waals surface area contributed by atoms with Crippen LogP contribution in [0.15, 0.2) is 42.5 Å². The number of ether oxygens (including phenoxy) is 1. The summed E-state index contributed by atoms with van der Waals surface area (Å²) in [6.07, 6.45) is -4.77. The number of anilines is 3. The molecule has 136 valence electrons. The van der Waals surface area contributed by atoms with Crippen molar-refractivity contribution in [1.29, 1.82) is 0 Å². The van der Waals surface area contributed by atoms with Gasteiger partial charge in [-0.1, -0.05) is 23.5 Å². The Labute approximate surface area is 151 Å². The van der Waals surface area contributed by atoms with Gasteiger partial charge in [0.15, 0.2) is 5.13 Å². The smallest absolute Gasteiger partial charge is 0.406 e. The normalized spacial score (nSPS) is 11.4. The van der Waals surface area contributed by atoms with Gasteiger partial charge in [-0.15, -0.1) is 13.2 Å². The lowest BCUT2D eigenvalue weighted by Crippen LogP contribution is -2.23. The lowest BCUT2D eigenvalue weighted by atomic mass is 10.2. The highest BCUT2D eigenvalue weighted by Crippen LogP contribution is 2.38. The number of para-hydroxylation sites is 2. The van der Waals surface area contributed by atoms with Gasteiger partial charge in [-0.25, -0.2) is 4.98 Å². The first kappa shape index (κ1) is 18.0. The third kappa shape index (κ3) is 3.72. The summed E-state index contributed by atoms with van der Waals surface area (Å²) in [6, 6.07) is 11.1. The fourth-order valence-electron chi connectivity index (χ4n) is 2.47. The van der Waals surface area contributed by atoms with Crippen molar-refractivity contribution in [2.75, 3.05) is 17.3 Å². The first-order valence-electron chi connectivity index (χ1n) is 7.52. The van der Waals surface area contributed by atoms with Gasteiger partial charge in [-0.05, 0) is 24.3 Å². The zero-order valence-corrected chi connectivity index (χ0v) is 14.6. The van der Waals surface area contributed by atoms with Crippen LogP contribution < -0.4 is 15.0 Å². The number of rotatable bonds is 4. The number of thiazole rings is 1. The first-order chi connectivity index (χ1) is 12.3. The Morgan fingerprint density at radius 3 is 2.62 bits per heavy atom. The molecular weight excluding hydrogens is 367 g/mol. The maximum Gasteiger partial charge on any atom is 0.573 e. The van der Waals surface area contributed by atoms with E-state index in [2.05, 4.69) is 15.0 Å². The van der Waals surface area contributed by atoms with E-state index in [1.54, 1.807) is 19.2 Å². The van der Waals surface area contributed by atoms with Crippen LogP contribution in [0.25, 0.3) is 10.2 Å². The van der Waals surface area contributed by atoms with Crippen molar-refractivity contribution in [3.05, 3.63) is 42.5 Å². The molecule has 0 fully saturated rings. The van der Waals surface area contributed by atoms with Crippen molar-refractivity contribution < 1.29 is 22.7 Å². The largest absolute Gasteiger partial charge is 0.573 e. The summed E-state index contributed by atoms with van der Waals surface area (Å²) in [6.45, 7) is 1.40. The molecule has 0 aliphatic heterocycles. The Bertz CT molecular complexity index is 956. The van der Waals surface area contributed by atoms with Crippen molar-refractivity contribution in [1.82, 2.24) is 4.98 Å². The van der Waals surface area contributed by atoms with Gasteiger partial charge in [-0.3, -0.25) is 9.69 Å². The third-order valence-corrected chi connectivity index (χ3v) is 4.51. The number of carbonyl (C=O) groups excluding carboxylic acids is 1. The van der Waals surface area contributed by atoms with Crippen molar-refractivity contribution in [3.8, 4) is 5.75 Å². The molecule has 0 aliphatic rings. The maximum atomic E-state index is 12.4. The molecule has 3 aromatic rings. The number of alkyl halides is 3. The van der Waals surface area contributed by atoms with Gasteiger partial charge >= 0.3 is 6.36 Å². The molecule has 2 aromatic carbocycles. The van der Waals surface area contributed by atoms with Crippen molar-refractivity contribution in [2.24, 2.45) is 0 Å². The van der Waals surface area contributed by atoms with E-state index in [1.165, 1.54) is 30.0 Å². The highest BCUT2D eigenvalue weighted by Gasteiger charge is 2.31. The number of benzene rings is 2. The van der Waals surface area contributed by atoms with Crippen molar-refractivity contribution >= 4 is 44.0 Å². The zero-order valence-electron chi connectivity index (χ0n) is 13.8. The fraction of sp³-hybridized carbons (Fsp3) is 0.176. The standard InChI is InChI=1S/C17H14F3N3O2S/c1-10(24)23(14-6-4-3-5-12(14)21-2)16-22-13-8-7-11(9-15(13)26-16)25-17(18,19)20/h3-9,21H,1-2H3. The molecule has 5 nitrogen and oxygen atoms in total. The molecule has 1 amide bonds. The number of aromatic nitrogens is 1. The van der Waals surface area contributed by atoms with Gasteiger partial charge in [0.2, 0.25) is 5.91 Å². The molecule has 0 aliphatic carbocycles. The lowest BCUT2D eigenvalue weighted by Gasteiger charge is -2.20. The van der Waals surface area contributed by atoms with E-state index in [4.69, 9.17) is 0 Å². The van der Waals surface area contributed by atoms with Crippen LogP contribution in [-0.4, -0.2) is 24.3 Å². The predicted octanol–water partition coefficient (Wildman–Crippen LogP) is 4.92. The minimum Gasteiger partial charge on any atom is -0.406 e. The van der Waals surface area contributed by atoms with Crippen molar-refractivity contribution in [2.45, 2.75) is 13.3 Å². The molecule has 26 heavy (non-hydrogen) atoms. The number of halogens is 3. The topological polar surface area (TPSA) is 54.5 Å². The Hall–Kier alpha value is -2.81. The average Bonchev–Trinajstić information content (AvgIpc) is 2.96. The highest BCUT2D eigenvalue weighted by molar-refractivity contribution is 7.22. The number of nitrogens with one attached hydrogen (secondary N) is 1. The second-order valence-corrected chi connectivity index (χ2v) is 6.30. The van der Waals surface area contributed by atoms with Crippen LogP contribution in [0.1, 0.15) is 6.92 Å². The molecule has 0 spiro atoms. The predicted molar refractivity (Wildman–Crippen MR) is 95.1 cm³/mol. The second kappa shape index (κ2) is 6.83. The van der Waals surface area contributed by atoms with Crippen molar-refractivity contribution in [3.63, 3.8) is 0 Å².